The van der Waals surface area contributed by atoms with E-state index in [0.29, 0.717) is 18.2 Å². The van der Waals surface area contributed by atoms with Crippen molar-refractivity contribution in [2.75, 3.05) is 24.5 Å². The molecule has 1 atom stereocenters. The Morgan fingerprint density at radius 1 is 1.53 bits per heavy atom. The zero-order valence-electron chi connectivity index (χ0n) is 10.7. The molecule has 2 N–H and O–H groups in total. The molecule has 0 radical (unpaired) electrons. The van der Waals surface area contributed by atoms with Crippen LogP contribution in [0, 0.1) is 21.8 Å². The number of non-ortho nitro benzene ring substituents is 1. The molecule has 1 fully saturated rings. The normalized spacial score (nSPS) is 19.5. The molecular weight excluding hydrogens is 249 g/mol. The van der Waals surface area contributed by atoms with Crippen LogP contribution in [-0.4, -0.2) is 24.6 Å². The van der Waals surface area contributed by atoms with Crippen LogP contribution in [-0.2, 0) is 0 Å². The van der Waals surface area contributed by atoms with Gasteiger partial charge in [-0.3, -0.25) is 10.1 Å². The van der Waals surface area contributed by atoms with E-state index in [1.54, 1.807) is 0 Å². The number of rotatable bonds is 4. The second-order valence-corrected chi connectivity index (χ2v) is 4.92. The van der Waals surface area contributed by atoms with Gasteiger partial charge in [0.05, 0.1) is 16.7 Å². The van der Waals surface area contributed by atoms with Gasteiger partial charge < -0.3 is 10.6 Å². The van der Waals surface area contributed by atoms with E-state index in [0.717, 1.165) is 38.4 Å². The SMILES string of the molecule is NCCC1CCCN(c2ccc([N+](=O)[O-])cc2F)C1. The van der Waals surface area contributed by atoms with Crippen LogP contribution >= 0.6 is 0 Å². The van der Waals surface area contributed by atoms with Gasteiger partial charge in [-0.15, -0.1) is 0 Å². The Balaban J connectivity index is 2.15. The first-order valence-corrected chi connectivity index (χ1v) is 6.50. The number of benzene rings is 1. The zero-order chi connectivity index (χ0) is 13.8. The first-order valence-electron chi connectivity index (χ1n) is 6.50. The van der Waals surface area contributed by atoms with Crippen molar-refractivity contribution >= 4 is 11.4 Å². The van der Waals surface area contributed by atoms with E-state index in [2.05, 4.69) is 0 Å². The highest BCUT2D eigenvalue weighted by molar-refractivity contribution is 5.52. The molecule has 0 aromatic heterocycles. The van der Waals surface area contributed by atoms with Crippen LogP contribution < -0.4 is 10.6 Å². The molecule has 5 nitrogen and oxygen atoms in total. The second-order valence-electron chi connectivity index (χ2n) is 4.92. The Bertz CT molecular complexity index is 465. The summed E-state index contributed by atoms with van der Waals surface area (Å²) in [5.41, 5.74) is 5.80. The Morgan fingerprint density at radius 3 is 2.95 bits per heavy atom. The van der Waals surface area contributed by atoms with Gasteiger partial charge in [-0.2, -0.15) is 0 Å². The highest BCUT2D eigenvalue weighted by atomic mass is 19.1. The fourth-order valence-electron chi connectivity index (χ4n) is 2.62. The summed E-state index contributed by atoms with van der Waals surface area (Å²) < 4.78 is 13.9. The molecule has 1 unspecified atom stereocenters. The summed E-state index contributed by atoms with van der Waals surface area (Å²) in [6, 6.07) is 3.84. The lowest BCUT2D eigenvalue weighted by molar-refractivity contribution is -0.385. The molecule has 1 aliphatic heterocycles. The third kappa shape index (κ3) is 3.20. The molecule has 0 amide bonds. The highest BCUT2D eigenvalue weighted by Crippen LogP contribution is 2.29. The topological polar surface area (TPSA) is 72.4 Å². The van der Waals surface area contributed by atoms with E-state index >= 15 is 0 Å². The summed E-state index contributed by atoms with van der Waals surface area (Å²) in [7, 11) is 0. The van der Waals surface area contributed by atoms with Gasteiger partial charge >= 0.3 is 0 Å². The smallest absolute Gasteiger partial charge is 0.272 e. The maximum absolute atomic E-state index is 13.9. The van der Waals surface area contributed by atoms with Crippen molar-refractivity contribution in [3.8, 4) is 0 Å². The third-order valence-electron chi connectivity index (χ3n) is 3.58. The molecule has 19 heavy (non-hydrogen) atoms. The van der Waals surface area contributed by atoms with Crippen molar-refractivity contribution < 1.29 is 9.31 Å². The van der Waals surface area contributed by atoms with Crippen LogP contribution in [0.1, 0.15) is 19.3 Å². The van der Waals surface area contributed by atoms with Crippen LogP contribution in [0.4, 0.5) is 15.8 Å². The van der Waals surface area contributed by atoms with Crippen molar-refractivity contribution in [2.45, 2.75) is 19.3 Å². The lowest BCUT2D eigenvalue weighted by atomic mass is 9.94. The maximum atomic E-state index is 13.9. The van der Waals surface area contributed by atoms with Gasteiger partial charge in [0.2, 0.25) is 0 Å². The summed E-state index contributed by atoms with van der Waals surface area (Å²) in [6.07, 6.45) is 3.05. The molecule has 0 saturated carbocycles. The number of anilines is 1. The fourth-order valence-corrected chi connectivity index (χ4v) is 2.62. The molecule has 0 spiro atoms. The van der Waals surface area contributed by atoms with Gasteiger partial charge in [-0.1, -0.05) is 0 Å². The summed E-state index contributed by atoms with van der Waals surface area (Å²) in [6.45, 7) is 2.20. The lowest BCUT2D eigenvalue weighted by Crippen LogP contribution is -2.36. The van der Waals surface area contributed by atoms with Crippen molar-refractivity contribution in [2.24, 2.45) is 11.7 Å². The lowest BCUT2D eigenvalue weighted by Gasteiger charge is -2.34. The predicted molar refractivity (Wildman–Crippen MR) is 71.7 cm³/mol. The first kappa shape index (κ1) is 13.7. The van der Waals surface area contributed by atoms with Crippen LogP contribution in [0.5, 0.6) is 0 Å². The Morgan fingerprint density at radius 2 is 2.32 bits per heavy atom. The Hall–Kier alpha value is -1.69. The molecule has 1 aromatic carbocycles. The first-order chi connectivity index (χ1) is 9.11. The molecule has 6 heteroatoms. The molecule has 0 aliphatic carbocycles. The number of piperidine rings is 1. The maximum Gasteiger partial charge on any atom is 0.272 e. The minimum absolute atomic E-state index is 0.211. The molecule has 1 heterocycles. The van der Waals surface area contributed by atoms with Crippen LogP contribution in [0.2, 0.25) is 0 Å². The second kappa shape index (κ2) is 5.97. The average molecular weight is 267 g/mol. The Kier molecular flexibility index (Phi) is 4.31. The van der Waals surface area contributed by atoms with Crippen molar-refractivity contribution in [1.82, 2.24) is 0 Å². The van der Waals surface area contributed by atoms with Crippen LogP contribution in [0.3, 0.4) is 0 Å². The van der Waals surface area contributed by atoms with Crippen LogP contribution in [0.15, 0.2) is 18.2 Å². The van der Waals surface area contributed by atoms with E-state index < -0.39 is 10.7 Å². The summed E-state index contributed by atoms with van der Waals surface area (Å²) in [5.74, 6) is -0.0454. The zero-order valence-corrected chi connectivity index (χ0v) is 10.7. The number of nitro benzene ring substituents is 1. The molecule has 104 valence electrons. The summed E-state index contributed by atoms with van der Waals surface area (Å²) in [4.78, 5) is 12.0. The molecular formula is C13H18FN3O2. The van der Waals surface area contributed by atoms with Gasteiger partial charge in [-0.25, -0.2) is 4.39 Å². The number of hydrogen-bond acceptors (Lipinski definition) is 4. The fraction of sp³-hybridized carbons (Fsp3) is 0.538. The van der Waals surface area contributed by atoms with Gasteiger partial charge in [0, 0.05) is 19.2 Å². The number of hydrogen-bond donors (Lipinski definition) is 1. The van der Waals surface area contributed by atoms with E-state index in [1.807, 2.05) is 4.90 Å². The summed E-state index contributed by atoms with van der Waals surface area (Å²) >= 11 is 0. The standard InChI is InChI=1S/C13H18FN3O2/c14-12-8-11(17(18)19)3-4-13(12)16-7-1-2-10(9-16)5-6-15/h3-4,8,10H,1-2,5-7,9,15H2. The third-order valence-corrected chi connectivity index (χ3v) is 3.58. The van der Waals surface area contributed by atoms with E-state index in [1.165, 1.54) is 12.1 Å². The molecule has 0 bridgehead atoms. The predicted octanol–water partition coefficient (Wildman–Crippen LogP) is 2.30. The largest absolute Gasteiger partial charge is 0.369 e. The molecule has 1 aliphatic rings. The average Bonchev–Trinajstić information content (AvgIpc) is 2.39. The minimum atomic E-state index is -0.583. The van der Waals surface area contributed by atoms with Crippen LogP contribution in [0.25, 0.3) is 0 Å². The van der Waals surface area contributed by atoms with Gasteiger partial charge in [0.25, 0.3) is 5.69 Å². The molecule has 1 saturated heterocycles. The van der Waals surface area contributed by atoms with Gasteiger partial charge in [0.1, 0.15) is 0 Å². The van der Waals surface area contributed by atoms with E-state index in [4.69, 9.17) is 5.73 Å². The van der Waals surface area contributed by atoms with E-state index in [9.17, 15) is 14.5 Å². The summed E-state index contributed by atoms with van der Waals surface area (Å²) in [5, 5.41) is 10.6. The Labute approximate surface area is 111 Å². The van der Waals surface area contributed by atoms with Crippen molar-refractivity contribution in [3.63, 3.8) is 0 Å². The van der Waals surface area contributed by atoms with Gasteiger partial charge in [-0.05, 0) is 37.8 Å². The van der Waals surface area contributed by atoms with E-state index in [-0.39, 0.29) is 5.69 Å². The monoisotopic (exact) mass is 267 g/mol. The highest BCUT2D eigenvalue weighted by Gasteiger charge is 2.22. The number of nitro groups is 1. The number of nitrogens with two attached hydrogens (primary N) is 1. The molecule has 1 aromatic rings. The quantitative estimate of drug-likeness (QED) is 0.671. The number of nitrogens with zero attached hydrogens (tertiary/aromatic N) is 2. The van der Waals surface area contributed by atoms with Crippen molar-refractivity contribution in [3.05, 3.63) is 34.1 Å². The van der Waals surface area contributed by atoms with Crippen molar-refractivity contribution in [1.29, 1.82) is 0 Å². The van der Waals surface area contributed by atoms with Gasteiger partial charge in [0.15, 0.2) is 5.82 Å². The number of halogens is 1. The minimum Gasteiger partial charge on any atom is -0.369 e. The molecule has 2 rings (SSSR count).